The Morgan fingerprint density at radius 1 is 1.21 bits per heavy atom. The fourth-order valence-corrected chi connectivity index (χ4v) is 1.66. The minimum absolute atomic E-state index is 0.320. The summed E-state index contributed by atoms with van der Waals surface area (Å²) >= 11 is 0. The maximum atomic E-state index is 5.50. The quantitative estimate of drug-likeness (QED) is 0.673. The van der Waals surface area contributed by atoms with Crippen molar-refractivity contribution in [1.29, 1.82) is 0 Å². The highest BCUT2D eigenvalue weighted by atomic mass is 16.5. The summed E-state index contributed by atoms with van der Waals surface area (Å²) in [7, 11) is 0. The van der Waals surface area contributed by atoms with Crippen LogP contribution in [-0.2, 0) is 4.74 Å². The topological polar surface area (TPSA) is 59.1 Å². The number of unbranched alkanes of at least 4 members (excludes halogenated alkanes) is 1. The molecule has 108 valence electrons. The van der Waals surface area contributed by atoms with Crippen molar-refractivity contribution in [2.24, 2.45) is 0 Å². The van der Waals surface area contributed by atoms with Crippen LogP contribution >= 0.6 is 0 Å². The molecule has 1 aromatic heterocycles. The second-order valence-electron chi connectivity index (χ2n) is 4.80. The van der Waals surface area contributed by atoms with Gasteiger partial charge >= 0.3 is 0 Å². The first kappa shape index (κ1) is 15.7. The number of nitrogens with zero attached hydrogens (tertiary/aromatic N) is 2. The van der Waals surface area contributed by atoms with Crippen molar-refractivity contribution in [2.75, 3.05) is 30.3 Å². The molecule has 0 aromatic carbocycles. The van der Waals surface area contributed by atoms with Crippen molar-refractivity contribution in [3.8, 4) is 0 Å². The van der Waals surface area contributed by atoms with Crippen LogP contribution in [0.5, 0.6) is 0 Å². The lowest BCUT2D eigenvalue weighted by Crippen LogP contribution is -2.10. The Hall–Kier alpha value is -1.36. The van der Waals surface area contributed by atoms with Gasteiger partial charge in [-0.05, 0) is 40.5 Å². The molecule has 0 saturated heterocycles. The van der Waals surface area contributed by atoms with Crippen molar-refractivity contribution in [1.82, 2.24) is 9.97 Å². The van der Waals surface area contributed by atoms with E-state index in [1.54, 1.807) is 0 Å². The van der Waals surface area contributed by atoms with Crippen LogP contribution in [0.2, 0.25) is 0 Å². The highest BCUT2D eigenvalue weighted by Crippen LogP contribution is 2.09. The van der Waals surface area contributed by atoms with Crippen LogP contribution in [0.1, 0.15) is 39.3 Å². The van der Waals surface area contributed by atoms with E-state index in [-0.39, 0.29) is 0 Å². The van der Waals surface area contributed by atoms with Gasteiger partial charge in [0.1, 0.15) is 5.82 Å². The number of aromatic nitrogens is 2. The summed E-state index contributed by atoms with van der Waals surface area (Å²) in [5.41, 5.74) is 0.969. The van der Waals surface area contributed by atoms with E-state index in [1.165, 1.54) is 0 Å². The third kappa shape index (κ3) is 6.96. The fourth-order valence-electron chi connectivity index (χ4n) is 1.66. The first-order chi connectivity index (χ1) is 9.11. The second kappa shape index (κ2) is 8.69. The molecule has 0 bridgehead atoms. The zero-order chi connectivity index (χ0) is 14.1. The van der Waals surface area contributed by atoms with Crippen molar-refractivity contribution in [3.63, 3.8) is 0 Å². The number of rotatable bonds is 9. The summed E-state index contributed by atoms with van der Waals surface area (Å²) in [4.78, 5) is 8.72. The Morgan fingerprint density at radius 3 is 2.68 bits per heavy atom. The SMILES string of the molecule is CCNc1nc(C)cc(NCCCCOC(C)C)n1. The van der Waals surface area contributed by atoms with Crippen LogP contribution in [0, 0.1) is 6.92 Å². The lowest BCUT2D eigenvalue weighted by molar-refractivity contribution is 0.0765. The van der Waals surface area contributed by atoms with Gasteiger partial charge in [-0.25, -0.2) is 4.98 Å². The summed E-state index contributed by atoms with van der Waals surface area (Å²) in [5, 5.41) is 6.46. The fraction of sp³-hybridized carbons (Fsp3) is 0.714. The molecule has 0 amide bonds. The van der Waals surface area contributed by atoms with Gasteiger partial charge in [0.05, 0.1) is 6.10 Å². The molecule has 0 unspecified atom stereocenters. The molecule has 0 radical (unpaired) electrons. The van der Waals surface area contributed by atoms with Gasteiger partial charge in [0.15, 0.2) is 0 Å². The van der Waals surface area contributed by atoms with Crippen LogP contribution in [0.3, 0.4) is 0 Å². The van der Waals surface area contributed by atoms with E-state index in [2.05, 4.69) is 34.4 Å². The van der Waals surface area contributed by atoms with Gasteiger partial charge in [-0.2, -0.15) is 4.98 Å². The molecule has 0 atom stereocenters. The molecule has 0 aliphatic rings. The Kier molecular flexibility index (Phi) is 7.18. The Balaban J connectivity index is 2.28. The van der Waals surface area contributed by atoms with Gasteiger partial charge in [-0.3, -0.25) is 0 Å². The third-order valence-corrected chi connectivity index (χ3v) is 2.52. The molecule has 5 nitrogen and oxygen atoms in total. The zero-order valence-electron chi connectivity index (χ0n) is 12.5. The molecule has 0 fully saturated rings. The molecular formula is C14H26N4O. The Labute approximate surface area is 116 Å². The number of ether oxygens (including phenoxy) is 1. The highest BCUT2D eigenvalue weighted by Gasteiger charge is 2.00. The summed E-state index contributed by atoms with van der Waals surface area (Å²) in [5.74, 6) is 1.57. The van der Waals surface area contributed by atoms with Gasteiger partial charge in [0.2, 0.25) is 5.95 Å². The average molecular weight is 266 g/mol. The van der Waals surface area contributed by atoms with Crippen molar-refractivity contribution in [2.45, 2.75) is 46.6 Å². The third-order valence-electron chi connectivity index (χ3n) is 2.52. The number of anilines is 2. The predicted molar refractivity (Wildman–Crippen MR) is 79.7 cm³/mol. The van der Waals surface area contributed by atoms with Crippen molar-refractivity contribution >= 4 is 11.8 Å². The standard InChI is InChI=1S/C14H26N4O/c1-5-15-14-17-12(4)10-13(18-14)16-8-6-7-9-19-11(2)3/h10-11H,5-9H2,1-4H3,(H2,15,16,17,18). The van der Waals surface area contributed by atoms with Crippen molar-refractivity contribution in [3.05, 3.63) is 11.8 Å². The molecule has 1 rings (SSSR count). The van der Waals surface area contributed by atoms with Crippen LogP contribution < -0.4 is 10.6 Å². The van der Waals surface area contributed by atoms with Gasteiger partial charge in [-0.15, -0.1) is 0 Å². The van der Waals surface area contributed by atoms with Gasteiger partial charge < -0.3 is 15.4 Å². The summed E-state index contributed by atoms with van der Waals surface area (Å²) in [6, 6.07) is 1.96. The molecule has 5 heteroatoms. The smallest absolute Gasteiger partial charge is 0.224 e. The average Bonchev–Trinajstić information content (AvgIpc) is 2.33. The normalized spacial score (nSPS) is 10.8. The van der Waals surface area contributed by atoms with Crippen LogP contribution in [0.4, 0.5) is 11.8 Å². The second-order valence-corrected chi connectivity index (χ2v) is 4.80. The monoisotopic (exact) mass is 266 g/mol. The van der Waals surface area contributed by atoms with E-state index < -0.39 is 0 Å². The van der Waals surface area contributed by atoms with E-state index >= 15 is 0 Å². The summed E-state index contributed by atoms with van der Waals surface area (Å²) in [6.45, 7) is 10.7. The van der Waals surface area contributed by atoms with Gasteiger partial charge in [-0.1, -0.05) is 0 Å². The van der Waals surface area contributed by atoms with Crippen LogP contribution in [-0.4, -0.2) is 35.8 Å². The van der Waals surface area contributed by atoms with Crippen LogP contribution in [0.25, 0.3) is 0 Å². The highest BCUT2D eigenvalue weighted by molar-refractivity contribution is 5.41. The lowest BCUT2D eigenvalue weighted by atomic mass is 10.3. The lowest BCUT2D eigenvalue weighted by Gasteiger charge is -2.10. The van der Waals surface area contributed by atoms with E-state index in [9.17, 15) is 0 Å². The first-order valence-electron chi connectivity index (χ1n) is 7.07. The molecule has 19 heavy (non-hydrogen) atoms. The number of aryl methyl sites for hydroxylation is 1. The molecule has 0 saturated carbocycles. The zero-order valence-corrected chi connectivity index (χ0v) is 12.5. The molecule has 0 spiro atoms. The maximum Gasteiger partial charge on any atom is 0.224 e. The number of nitrogens with one attached hydrogen (secondary N) is 2. The van der Waals surface area contributed by atoms with E-state index in [4.69, 9.17) is 4.74 Å². The molecule has 1 aromatic rings. The van der Waals surface area contributed by atoms with E-state index in [0.29, 0.717) is 12.1 Å². The first-order valence-corrected chi connectivity index (χ1v) is 7.07. The number of hydrogen-bond donors (Lipinski definition) is 2. The van der Waals surface area contributed by atoms with E-state index in [0.717, 1.165) is 44.0 Å². The Morgan fingerprint density at radius 2 is 2.00 bits per heavy atom. The summed E-state index contributed by atoms with van der Waals surface area (Å²) < 4.78 is 5.50. The van der Waals surface area contributed by atoms with Crippen molar-refractivity contribution < 1.29 is 4.74 Å². The minimum Gasteiger partial charge on any atom is -0.379 e. The van der Waals surface area contributed by atoms with Gasteiger partial charge in [0.25, 0.3) is 0 Å². The van der Waals surface area contributed by atoms with E-state index in [1.807, 2.05) is 19.9 Å². The maximum absolute atomic E-state index is 5.50. The minimum atomic E-state index is 0.320. The molecule has 0 aliphatic heterocycles. The molecule has 0 aliphatic carbocycles. The predicted octanol–water partition coefficient (Wildman–Crippen LogP) is 2.83. The number of hydrogen-bond acceptors (Lipinski definition) is 5. The van der Waals surface area contributed by atoms with Crippen LogP contribution in [0.15, 0.2) is 6.07 Å². The molecule has 1 heterocycles. The largest absolute Gasteiger partial charge is 0.379 e. The summed E-state index contributed by atoms with van der Waals surface area (Å²) in [6.07, 6.45) is 2.46. The molecular weight excluding hydrogens is 240 g/mol. The van der Waals surface area contributed by atoms with Gasteiger partial charge in [0, 0.05) is 31.5 Å². The molecule has 2 N–H and O–H groups in total. The Bertz CT molecular complexity index is 368.